The first-order valence-electron chi connectivity index (χ1n) is 11.8. The number of benzene rings is 1. The lowest BCUT2D eigenvalue weighted by molar-refractivity contribution is 0.0341. The molecule has 5 rings (SSSR count). The van der Waals surface area contributed by atoms with Gasteiger partial charge in [-0.1, -0.05) is 13.5 Å². The topological polar surface area (TPSA) is 78.4 Å². The zero-order chi connectivity index (χ0) is 24.5. The maximum absolute atomic E-state index is 14.9. The van der Waals surface area contributed by atoms with Crippen LogP contribution in [0.5, 0.6) is 0 Å². The molecule has 0 radical (unpaired) electrons. The van der Waals surface area contributed by atoms with Crippen LogP contribution in [0.25, 0.3) is 11.3 Å². The van der Waals surface area contributed by atoms with E-state index in [9.17, 15) is 8.78 Å². The summed E-state index contributed by atoms with van der Waals surface area (Å²) in [6.45, 7) is 10.1. The number of nitrogens with one attached hydrogen (secondary N) is 2. The van der Waals surface area contributed by atoms with Gasteiger partial charge in [-0.15, -0.1) is 0 Å². The molecule has 2 aliphatic rings. The van der Waals surface area contributed by atoms with E-state index < -0.39 is 11.6 Å². The number of hydrogen-bond donors (Lipinski definition) is 2. The molecule has 1 aromatic carbocycles. The van der Waals surface area contributed by atoms with Gasteiger partial charge < -0.3 is 20.3 Å². The lowest BCUT2D eigenvalue weighted by Crippen LogP contribution is -2.38. The molecule has 1 saturated heterocycles. The van der Waals surface area contributed by atoms with Gasteiger partial charge in [-0.25, -0.2) is 23.7 Å². The molecular weight excluding hydrogens is 464 g/mol. The zero-order valence-electron chi connectivity index (χ0n) is 20.1. The van der Waals surface area contributed by atoms with Crippen molar-refractivity contribution in [3.63, 3.8) is 0 Å². The number of aromatic nitrogens is 3. The largest absolute Gasteiger partial charge is 0.379 e. The van der Waals surface area contributed by atoms with Gasteiger partial charge in [0, 0.05) is 37.4 Å². The van der Waals surface area contributed by atoms with E-state index >= 15 is 0 Å². The molecule has 2 aromatic heterocycles. The lowest BCUT2D eigenvalue weighted by Gasteiger charge is -2.28. The molecule has 3 aromatic rings. The molecule has 0 aliphatic carbocycles. The molecule has 0 saturated carbocycles. The Morgan fingerprint density at radius 2 is 1.89 bits per heavy atom. The van der Waals surface area contributed by atoms with Crippen LogP contribution in [0.2, 0.25) is 0 Å². The van der Waals surface area contributed by atoms with Gasteiger partial charge in [-0.2, -0.15) is 0 Å². The molecule has 36 heavy (non-hydrogen) atoms. The summed E-state index contributed by atoms with van der Waals surface area (Å²) in [4.78, 5) is 17.2. The van der Waals surface area contributed by atoms with Gasteiger partial charge >= 0.3 is 0 Å². The van der Waals surface area contributed by atoms with Gasteiger partial charge in [-0.3, -0.25) is 4.90 Å². The first kappa shape index (κ1) is 25.7. The molecule has 8 nitrogen and oxygen atoms in total. The summed E-state index contributed by atoms with van der Waals surface area (Å²) in [6, 6.07) is 7.03. The number of ether oxygens (including phenoxy) is 1. The standard InChI is InChI=1S/C25H29F2N7O.CH4/c1-15(2)34-16(3)30-24-19(26)10-18(11-21(24)34)23-20(27)13-29-25(32-23)31-22-5-4-17(12-28-22)14-33-6-8-35-9-7-33;/h4-5,10-13,15-16,30H,6-9,14H2,1-3H3,(H,28,29,31,32);1H4. The summed E-state index contributed by atoms with van der Waals surface area (Å²) >= 11 is 0. The SMILES string of the molecule is C.CC(C)N1c2cc(-c3nc(Nc4ccc(CN5CCOCC5)cn4)ncc3F)cc(F)c2NC1C. The first-order valence-corrected chi connectivity index (χ1v) is 11.8. The van der Waals surface area contributed by atoms with E-state index in [1.54, 1.807) is 12.3 Å². The third-order valence-corrected chi connectivity index (χ3v) is 6.27. The van der Waals surface area contributed by atoms with Crippen LogP contribution in [0.1, 0.15) is 33.8 Å². The van der Waals surface area contributed by atoms with E-state index in [1.807, 2.05) is 32.9 Å². The molecular formula is C26H33F2N7O. The van der Waals surface area contributed by atoms with Crippen LogP contribution in [0, 0.1) is 11.6 Å². The minimum Gasteiger partial charge on any atom is -0.379 e. The summed E-state index contributed by atoms with van der Waals surface area (Å²) < 4.78 is 35.1. The van der Waals surface area contributed by atoms with E-state index in [0.717, 1.165) is 44.6 Å². The highest BCUT2D eigenvalue weighted by atomic mass is 19.1. The van der Waals surface area contributed by atoms with Gasteiger partial charge in [0.25, 0.3) is 0 Å². The number of halogens is 2. The quantitative estimate of drug-likeness (QED) is 0.492. The molecule has 192 valence electrons. The Labute approximate surface area is 210 Å². The van der Waals surface area contributed by atoms with Crippen molar-refractivity contribution >= 4 is 23.1 Å². The van der Waals surface area contributed by atoms with Crippen LogP contribution >= 0.6 is 0 Å². The molecule has 10 heteroatoms. The van der Waals surface area contributed by atoms with Gasteiger partial charge in [0.15, 0.2) is 5.82 Å². The molecule has 0 spiro atoms. The van der Waals surface area contributed by atoms with Gasteiger partial charge in [-0.05, 0) is 44.5 Å². The van der Waals surface area contributed by atoms with Crippen molar-refractivity contribution in [2.75, 3.05) is 41.8 Å². The van der Waals surface area contributed by atoms with Crippen LogP contribution in [0.4, 0.5) is 31.9 Å². The average molecular weight is 498 g/mol. The fourth-order valence-corrected chi connectivity index (χ4v) is 4.64. The molecule has 2 N–H and O–H groups in total. The van der Waals surface area contributed by atoms with Crippen molar-refractivity contribution in [1.29, 1.82) is 0 Å². The van der Waals surface area contributed by atoms with Crippen molar-refractivity contribution in [3.05, 3.63) is 53.9 Å². The third-order valence-electron chi connectivity index (χ3n) is 6.27. The van der Waals surface area contributed by atoms with E-state index in [4.69, 9.17) is 4.74 Å². The average Bonchev–Trinajstić information content (AvgIpc) is 3.19. The normalized spacial score (nSPS) is 17.5. The molecule has 1 atom stereocenters. The van der Waals surface area contributed by atoms with Gasteiger partial charge in [0.1, 0.15) is 17.3 Å². The van der Waals surface area contributed by atoms with Gasteiger partial charge in [0.2, 0.25) is 5.95 Å². The summed E-state index contributed by atoms with van der Waals surface area (Å²) in [6.07, 6.45) is 2.82. The number of nitrogens with zero attached hydrogens (tertiary/aromatic N) is 5. The molecule has 1 fully saturated rings. The maximum Gasteiger partial charge on any atom is 0.229 e. The Balaban J connectivity index is 0.00000304. The number of rotatable bonds is 6. The fourth-order valence-electron chi connectivity index (χ4n) is 4.64. The van der Waals surface area contributed by atoms with E-state index in [-0.39, 0.29) is 31.3 Å². The number of pyridine rings is 1. The van der Waals surface area contributed by atoms with E-state index in [2.05, 4.69) is 35.4 Å². The fraction of sp³-hybridized carbons (Fsp3) is 0.423. The molecule has 1 unspecified atom stereocenters. The van der Waals surface area contributed by atoms with Gasteiger partial charge in [0.05, 0.1) is 37.0 Å². The van der Waals surface area contributed by atoms with Crippen LogP contribution in [0.15, 0.2) is 36.7 Å². The Hall–Kier alpha value is -3.37. The minimum atomic E-state index is -0.626. The third kappa shape index (κ3) is 5.24. The summed E-state index contributed by atoms with van der Waals surface area (Å²) in [5.74, 6) is -0.350. The summed E-state index contributed by atoms with van der Waals surface area (Å²) in [5, 5.41) is 6.18. The smallest absolute Gasteiger partial charge is 0.229 e. The second kappa shape index (κ2) is 10.7. The maximum atomic E-state index is 14.9. The second-order valence-electron chi connectivity index (χ2n) is 9.13. The zero-order valence-corrected chi connectivity index (χ0v) is 20.1. The number of morpholine rings is 1. The number of anilines is 4. The van der Waals surface area contributed by atoms with Crippen molar-refractivity contribution < 1.29 is 13.5 Å². The van der Waals surface area contributed by atoms with Crippen molar-refractivity contribution in [3.8, 4) is 11.3 Å². The lowest BCUT2D eigenvalue weighted by atomic mass is 10.1. The summed E-state index contributed by atoms with van der Waals surface area (Å²) in [7, 11) is 0. The van der Waals surface area contributed by atoms with Crippen molar-refractivity contribution in [2.24, 2.45) is 0 Å². The molecule has 0 amide bonds. The Kier molecular flexibility index (Phi) is 7.65. The van der Waals surface area contributed by atoms with Crippen LogP contribution in [-0.4, -0.2) is 58.4 Å². The van der Waals surface area contributed by atoms with Crippen LogP contribution in [0.3, 0.4) is 0 Å². The Morgan fingerprint density at radius 3 is 2.58 bits per heavy atom. The predicted molar refractivity (Wildman–Crippen MR) is 138 cm³/mol. The molecule has 0 bridgehead atoms. The number of hydrogen-bond acceptors (Lipinski definition) is 8. The highest BCUT2D eigenvalue weighted by Crippen LogP contribution is 2.41. The second-order valence-corrected chi connectivity index (χ2v) is 9.13. The van der Waals surface area contributed by atoms with Crippen LogP contribution < -0.4 is 15.5 Å². The molecule has 4 heterocycles. The Bertz CT molecular complexity index is 1200. The molecule has 2 aliphatic heterocycles. The van der Waals surface area contributed by atoms with E-state index in [1.165, 1.54) is 6.07 Å². The predicted octanol–water partition coefficient (Wildman–Crippen LogP) is 5.02. The summed E-state index contributed by atoms with van der Waals surface area (Å²) in [5.41, 5.74) is 2.57. The highest BCUT2D eigenvalue weighted by Gasteiger charge is 2.31. The highest BCUT2D eigenvalue weighted by molar-refractivity contribution is 5.82. The number of fused-ring (bicyclic) bond motifs is 1. The van der Waals surface area contributed by atoms with E-state index in [0.29, 0.717) is 22.8 Å². The monoisotopic (exact) mass is 497 g/mol. The van der Waals surface area contributed by atoms with Crippen molar-refractivity contribution in [1.82, 2.24) is 19.9 Å². The van der Waals surface area contributed by atoms with Crippen molar-refractivity contribution in [2.45, 2.75) is 47.0 Å². The first-order chi connectivity index (χ1) is 16.9. The van der Waals surface area contributed by atoms with Crippen LogP contribution in [-0.2, 0) is 11.3 Å². The minimum absolute atomic E-state index is 0. The Morgan fingerprint density at radius 1 is 1.11 bits per heavy atom.